The Morgan fingerprint density at radius 3 is 2.55 bits per heavy atom. The van der Waals surface area contributed by atoms with Crippen LogP contribution in [0.15, 0.2) is 48.5 Å². The number of aryl methyl sites for hydroxylation is 1. The Kier molecular flexibility index (Phi) is 4.57. The molecule has 2 aromatic rings. The molecule has 0 aliphatic rings. The third kappa shape index (κ3) is 4.00. The van der Waals surface area contributed by atoms with Crippen molar-refractivity contribution in [3.05, 3.63) is 65.2 Å². The monoisotopic (exact) mass is 264 g/mol. The first-order valence-electron chi connectivity index (χ1n) is 6.44. The van der Waals surface area contributed by atoms with Gasteiger partial charge in [0.2, 0.25) is 0 Å². The highest BCUT2D eigenvalue weighted by Crippen LogP contribution is 2.11. The van der Waals surface area contributed by atoms with Crippen molar-refractivity contribution in [3.63, 3.8) is 0 Å². The lowest BCUT2D eigenvalue weighted by Crippen LogP contribution is -1.94. The number of carbonyl (C=O) groups excluding carboxylic acids is 1. The van der Waals surface area contributed by atoms with Gasteiger partial charge in [0.15, 0.2) is 5.78 Å². The van der Waals surface area contributed by atoms with Gasteiger partial charge in [-0.1, -0.05) is 36.1 Å². The fourth-order valence-electron chi connectivity index (χ4n) is 1.75. The number of carbonyl (C=O) groups is 1. The molecule has 20 heavy (non-hydrogen) atoms. The SMILES string of the molecule is CC(=O)c1ccc(C#CCOc2cccc(C)c2)cc1. The minimum atomic E-state index is 0.0623. The van der Waals surface area contributed by atoms with Crippen molar-refractivity contribution >= 4 is 5.78 Å². The number of benzene rings is 2. The van der Waals surface area contributed by atoms with Crippen LogP contribution in [0.1, 0.15) is 28.4 Å². The molecule has 0 saturated carbocycles. The quantitative estimate of drug-likeness (QED) is 0.625. The summed E-state index contributed by atoms with van der Waals surface area (Å²) in [7, 11) is 0. The zero-order valence-electron chi connectivity index (χ0n) is 11.6. The average Bonchev–Trinajstić information content (AvgIpc) is 2.44. The third-order valence-electron chi connectivity index (χ3n) is 2.82. The van der Waals surface area contributed by atoms with Crippen molar-refractivity contribution in [3.8, 4) is 17.6 Å². The molecular weight excluding hydrogens is 248 g/mol. The molecule has 0 spiro atoms. The lowest BCUT2D eigenvalue weighted by atomic mass is 10.1. The van der Waals surface area contributed by atoms with E-state index in [1.807, 2.05) is 43.3 Å². The molecule has 0 N–H and O–H groups in total. The number of hydrogen-bond acceptors (Lipinski definition) is 2. The molecule has 0 atom stereocenters. The van der Waals surface area contributed by atoms with E-state index in [0.29, 0.717) is 12.2 Å². The molecule has 2 nitrogen and oxygen atoms in total. The minimum absolute atomic E-state index is 0.0623. The predicted octanol–water partition coefficient (Wildman–Crippen LogP) is 3.63. The van der Waals surface area contributed by atoms with Crippen LogP contribution in [-0.2, 0) is 0 Å². The van der Waals surface area contributed by atoms with Crippen LogP contribution in [0.3, 0.4) is 0 Å². The Balaban J connectivity index is 1.93. The summed E-state index contributed by atoms with van der Waals surface area (Å²) in [6.07, 6.45) is 0. The van der Waals surface area contributed by atoms with E-state index in [2.05, 4.69) is 11.8 Å². The van der Waals surface area contributed by atoms with Crippen LogP contribution in [0.4, 0.5) is 0 Å². The number of rotatable bonds is 3. The van der Waals surface area contributed by atoms with E-state index in [1.54, 1.807) is 19.1 Å². The van der Waals surface area contributed by atoms with Crippen molar-refractivity contribution in [1.29, 1.82) is 0 Å². The minimum Gasteiger partial charge on any atom is -0.481 e. The normalized spacial score (nSPS) is 9.50. The molecule has 0 bridgehead atoms. The van der Waals surface area contributed by atoms with Gasteiger partial charge >= 0.3 is 0 Å². The van der Waals surface area contributed by atoms with Crippen LogP contribution < -0.4 is 4.74 Å². The Hall–Kier alpha value is -2.53. The molecule has 2 aromatic carbocycles. The highest BCUT2D eigenvalue weighted by atomic mass is 16.5. The highest BCUT2D eigenvalue weighted by molar-refractivity contribution is 5.94. The zero-order chi connectivity index (χ0) is 14.4. The fraction of sp³-hybridized carbons (Fsp3) is 0.167. The van der Waals surface area contributed by atoms with Crippen LogP contribution in [0, 0.1) is 18.8 Å². The van der Waals surface area contributed by atoms with Gasteiger partial charge in [0.05, 0.1) is 0 Å². The smallest absolute Gasteiger partial charge is 0.159 e. The molecule has 0 unspecified atom stereocenters. The molecular formula is C18H16O2. The molecule has 0 aromatic heterocycles. The van der Waals surface area contributed by atoms with Gasteiger partial charge in [-0.2, -0.15) is 0 Å². The predicted molar refractivity (Wildman–Crippen MR) is 80.0 cm³/mol. The van der Waals surface area contributed by atoms with Gasteiger partial charge in [0.1, 0.15) is 12.4 Å². The first-order chi connectivity index (χ1) is 9.65. The summed E-state index contributed by atoms with van der Waals surface area (Å²) >= 11 is 0. The summed E-state index contributed by atoms with van der Waals surface area (Å²) in [5.41, 5.74) is 2.74. The van der Waals surface area contributed by atoms with Crippen molar-refractivity contribution in [2.75, 3.05) is 6.61 Å². The second-order valence-electron chi connectivity index (χ2n) is 4.54. The largest absolute Gasteiger partial charge is 0.481 e. The summed E-state index contributed by atoms with van der Waals surface area (Å²) in [6.45, 7) is 3.92. The van der Waals surface area contributed by atoms with Gasteiger partial charge in [-0.15, -0.1) is 0 Å². The standard InChI is InChI=1S/C18H16O2/c1-14-5-3-7-18(13-14)20-12-4-6-16-8-10-17(11-9-16)15(2)19/h3,5,7-11,13H,12H2,1-2H3. The van der Waals surface area contributed by atoms with Gasteiger partial charge in [0, 0.05) is 11.1 Å². The van der Waals surface area contributed by atoms with Crippen LogP contribution >= 0.6 is 0 Å². The number of ketones is 1. The van der Waals surface area contributed by atoms with E-state index in [4.69, 9.17) is 4.74 Å². The highest BCUT2D eigenvalue weighted by Gasteiger charge is 1.96. The van der Waals surface area contributed by atoms with Gasteiger partial charge in [-0.25, -0.2) is 0 Å². The van der Waals surface area contributed by atoms with Gasteiger partial charge < -0.3 is 4.74 Å². The van der Waals surface area contributed by atoms with Crippen molar-refractivity contribution in [2.24, 2.45) is 0 Å². The molecule has 0 aliphatic heterocycles. The molecule has 2 heteroatoms. The number of ether oxygens (including phenoxy) is 1. The molecule has 100 valence electrons. The summed E-state index contributed by atoms with van der Waals surface area (Å²) in [6, 6.07) is 15.1. The van der Waals surface area contributed by atoms with E-state index < -0.39 is 0 Å². The van der Waals surface area contributed by atoms with Crippen molar-refractivity contribution < 1.29 is 9.53 Å². The molecule has 2 rings (SSSR count). The first-order valence-corrected chi connectivity index (χ1v) is 6.44. The van der Waals surface area contributed by atoms with Crippen molar-refractivity contribution in [1.82, 2.24) is 0 Å². The fourth-order valence-corrected chi connectivity index (χ4v) is 1.75. The van der Waals surface area contributed by atoms with Gasteiger partial charge in [-0.05, 0) is 43.7 Å². The topological polar surface area (TPSA) is 26.3 Å². The average molecular weight is 264 g/mol. The maximum Gasteiger partial charge on any atom is 0.159 e. The Morgan fingerprint density at radius 1 is 1.15 bits per heavy atom. The number of hydrogen-bond donors (Lipinski definition) is 0. The molecule has 0 radical (unpaired) electrons. The molecule has 0 heterocycles. The molecule has 0 fully saturated rings. The maximum atomic E-state index is 11.1. The van der Waals surface area contributed by atoms with E-state index in [0.717, 1.165) is 16.9 Å². The Bertz CT molecular complexity index is 658. The van der Waals surface area contributed by atoms with Gasteiger partial charge in [0.25, 0.3) is 0 Å². The Labute approximate surface area is 119 Å². The van der Waals surface area contributed by atoms with Crippen LogP contribution in [-0.4, -0.2) is 12.4 Å². The molecule has 0 amide bonds. The lowest BCUT2D eigenvalue weighted by molar-refractivity contribution is 0.101. The van der Waals surface area contributed by atoms with E-state index in [1.165, 1.54) is 0 Å². The summed E-state index contributed by atoms with van der Waals surface area (Å²) < 4.78 is 5.54. The van der Waals surface area contributed by atoms with E-state index in [9.17, 15) is 4.79 Å². The lowest BCUT2D eigenvalue weighted by Gasteiger charge is -2.02. The first kappa shape index (κ1) is 13.9. The zero-order valence-corrected chi connectivity index (χ0v) is 11.6. The second-order valence-corrected chi connectivity index (χ2v) is 4.54. The maximum absolute atomic E-state index is 11.1. The third-order valence-corrected chi connectivity index (χ3v) is 2.82. The van der Waals surface area contributed by atoms with E-state index >= 15 is 0 Å². The van der Waals surface area contributed by atoms with Crippen LogP contribution in [0.2, 0.25) is 0 Å². The number of Topliss-reactive ketones (excluding diaryl/α,β-unsaturated/α-hetero) is 1. The summed E-state index contributed by atoms with van der Waals surface area (Å²) in [4.78, 5) is 11.1. The summed E-state index contributed by atoms with van der Waals surface area (Å²) in [5, 5.41) is 0. The van der Waals surface area contributed by atoms with Crippen molar-refractivity contribution in [2.45, 2.75) is 13.8 Å². The van der Waals surface area contributed by atoms with Gasteiger partial charge in [-0.3, -0.25) is 4.79 Å². The second kappa shape index (κ2) is 6.58. The van der Waals surface area contributed by atoms with E-state index in [-0.39, 0.29) is 5.78 Å². The van der Waals surface area contributed by atoms with Crippen LogP contribution in [0.25, 0.3) is 0 Å². The van der Waals surface area contributed by atoms with Crippen LogP contribution in [0.5, 0.6) is 5.75 Å². The molecule has 0 aliphatic carbocycles. The molecule has 0 saturated heterocycles. The Morgan fingerprint density at radius 2 is 1.90 bits per heavy atom. The summed E-state index contributed by atoms with van der Waals surface area (Å²) in [5.74, 6) is 6.86.